The van der Waals surface area contributed by atoms with E-state index in [1.807, 2.05) is 6.92 Å². The number of carbonyl (C=O) groups excluding carboxylic acids is 3. The number of carboxylic acid groups (broad SMARTS) is 3. The van der Waals surface area contributed by atoms with Crippen LogP contribution in [0.5, 0.6) is 0 Å². The molecule has 1 fully saturated rings. The van der Waals surface area contributed by atoms with Crippen LogP contribution in [0.4, 0.5) is 14.4 Å². The van der Waals surface area contributed by atoms with E-state index in [1.54, 1.807) is 69.2 Å². The van der Waals surface area contributed by atoms with Gasteiger partial charge in [0.2, 0.25) is 0 Å². The van der Waals surface area contributed by atoms with E-state index in [4.69, 9.17) is 29.5 Å². The molecule has 0 aromatic carbocycles. The first-order valence-corrected chi connectivity index (χ1v) is 13.9. The number of carboxylic acids is 3. The van der Waals surface area contributed by atoms with E-state index in [1.165, 1.54) is 4.90 Å². The van der Waals surface area contributed by atoms with Gasteiger partial charge in [0.05, 0.1) is 0 Å². The minimum absolute atomic E-state index is 0.134. The standard InChI is InChI=1S/C11H21NO4.C10H17NO4.C7H13NO4/c1-6-7(2)8(9(13)14)12-10(15)16-11(3,4)5;1-10(2,3)15-9(14)11-6-4-5-7(11)8(12)13;1-7(2,3)12-6(11)8-4-5(9)10/h7-8H,6H2,1-5H3,(H,12,15)(H,13,14);7H,4-6H2,1-3H3,(H,12,13);4H2,1-3H3,(H,8,11)(H,9,10)/t7?,8-;7-;/m00./s1. The fourth-order valence-corrected chi connectivity index (χ4v) is 3.14. The lowest BCUT2D eigenvalue weighted by Crippen LogP contribution is -2.46. The van der Waals surface area contributed by atoms with Gasteiger partial charge in [-0.3, -0.25) is 9.69 Å². The Hall–Kier alpha value is -3.78. The van der Waals surface area contributed by atoms with Crippen LogP contribution in [0.25, 0.3) is 0 Å². The minimum Gasteiger partial charge on any atom is -0.480 e. The lowest BCUT2D eigenvalue weighted by Gasteiger charge is -2.26. The average molecular weight is 622 g/mol. The lowest BCUT2D eigenvalue weighted by atomic mass is 10.00. The quantitative estimate of drug-likeness (QED) is 0.254. The van der Waals surface area contributed by atoms with Crippen LogP contribution in [0.3, 0.4) is 0 Å². The maximum absolute atomic E-state index is 11.6. The topological polar surface area (TPSA) is 218 Å². The van der Waals surface area contributed by atoms with E-state index < -0.39 is 71.6 Å². The number of rotatable bonds is 7. The van der Waals surface area contributed by atoms with Crippen LogP contribution in [0.1, 0.15) is 95.4 Å². The van der Waals surface area contributed by atoms with Crippen LogP contribution < -0.4 is 10.6 Å². The van der Waals surface area contributed by atoms with E-state index in [-0.39, 0.29) is 5.92 Å². The van der Waals surface area contributed by atoms with Gasteiger partial charge < -0.3 is 40.2 Å². The molecule has 3 amide bonds. The monoisotopic (exact) mass is 621 g/mol. The third-order valence-corrected chi connectivity index (χ3v) is 5.10. The molecule has 15 nitrogen and oxygen atoms in total. The number of amides is 3. The number of likely N-dealkylation sites (tertiary alicyclic amines) is 1. The Labute approximate surface area is 253 Å². The molecule has 0 spiro atoms. The molecule has 0 saturated carbocycles. The Bertz CT molecular complexity index is 948. The lowest BCUT2D eigenvalue weighted by molar-refractivity contribution is -0.142. The van der Waals surface area contributed by atoms with Crippen LogP contribution >= 0.6 is 0 Å². The molecule has 15 heteroatoms. The molecule has 1 saturated heterocycles. The second kappa shape index (κ2) is 18.0. The Morgan fingerprint density at radius 1 is 0.814 bits per heavy atom. The summed E-state index contributed by atoms with van der Waals surface area (Å²) < 4.78 is 14.9. The second-order valence-corrected chi connectivity index (χ2v) is 12.8. The first-order chi connectivity index (χ1) is 19.3. The smallest absolute Gasteiger partial charge is 0.411 e. The third-order valence-electron chi connectivity index (χ3n) is 5.10. The first-order valence-electron chi connectivity index (χ1n) is 13.9. The molecule has 1 aliphatic rings. The fourth-order valence-electron chi connectivity index (χ4n) is 3.14. The molecule has 1 heterocycles. The van der Waals surface area contributed by atoms with Crippen molar-refractivity contribution in [2.24, 2.45) is 5.92 Å². The SMILES string of the molecule is CC(C)(C)OC(=O)N1CCC[C@H]1C(=O)O.CC(C)(C)OC(=O)NCC(=O)O.CCC(C)[C@H](NC(=O)OC(C)(C)C)C(=O)O. The normalized spacial score (nSPS) is 16.1. The van der Waals surface area contributed by atoms with Gasteiger partial charge in [0.25, 0.3) is 0 Å². The number of nitrogens with zero attached hydrogens (tertiary/aromatic N) is 1. The molecule has 0 bridgehead atoms. The highest BCUT2D eigenvalue weighted by atomic mass is 16.6. The summed E-state index contributed by atoms with van der Waals surface area (Å²) in [4.78, 5) is 66.8. The van der Waals surface area contributed by atoms with Crippen molar-refractivity contribution in [3.63, 3.8) is 0 Å². The van der Waals surface area contributed by atoms with Gasteiger partial charge in [0.15, 0.2) is 0 Å². The summed E-state index contributed by atoms with van der Waals surface area (Å²) in [5, 5.41) is 30.5. The number of hydrogen-bond donors (Lipinski definition) is 5. The molecule has 1 aliphatic heterocycles. The molecule has 0 aromatic heterocycles. The maximum atomic E-state index is 11.6. The van der Waals surface area contributed by atoms with Crippen molar-refractivity contribution < 1.29 is 58.3 Å². The van der Waals surface area contributed by atoms with Crippen molar-refractivity contribution in [1.82, 2.24) is 15.5 Å². The molecule has 1 rings (SSSR count). The summed E-state index contributed by atoms with van der Waals surface area (Å²) in [5.74, 6) is -3.23. The molecule has 0 aliphatic carbocycles. The summed E-state index contributed by atoms with van der Waals surface area (Å²) in [5.41, 5.74) is -1.80. The zero-order chi connectivity index (χ0) is 34.3. The maximum Gasteiger partial charge on any atom is 0.411 e. The number of alkyl carbamates (subject to hydrolysis) is 2. The molecular weight excluding hydrogens is 570 g/mol. The zero-order valence-corrected chi connectivity index (χ0v) is 27.2. The van der Waals surface area contributed by atoms with Crippen LogP contribution in [0.15, 0.2) is 0 Å². The van der Waals surface area contributed by atoms with E-state index in [2.05, 4.69) is 10.6 Å². The van der Waals surface area contributed by atoms with Crippen molar-refractivity contribution in [2.75, 3.05) is 13.1 Å². The zero-order valence-electron chi connectivity index (χ0n) is 27.2. The number of aliphatic carboxylic acids is 3. The van der Waals surface area contributed by atoms with Gasteiger partial charge in [-0.25, -0.2) is 24.0 Å². The van der Waals surface area contributed by atoms with Crippen molar-refractivity contribution >= 4 is 36.2 Å². The molecule has 43 heavy (non-hydrogen) atoms. The van der Waals surface area contributed by atoms with Crippen molar-refractivity contribution in [2.45, 2.75) is 124 Å². The fraction of sp³-hybridized carbons (Fsp3) is 0.786. The largest absolute Gasteiger partial charge is 0.480 e. The van der Waals surface area contributed by atoms with Gasteiger partial charge in [-0.05, 0) is 81.1 Å². The van der Waals surface area contributed by atoms with E-state index in [0.29, 0.717) is 19.4 Å². The van der Waals surface area contributed by atoms with Gasteiger partial charge in [0, 0.05) is 6.54 Å². The molecule has 3 atom stereocenters. The van der Waals surface area contributed by atoms with Crippen molar-refractivity contribution in [3.8, 4) is 0 Å². The predicted molar refractivity (Wildman–Crippen MR) is 156 cm³/mol. The predicted octanol–water partition coefficient (Wildman–Crippen LogP) is 4.08. The number of hydrogen-bond acceptors (Lipinski definition) is 9. The average Bonchev–Trinajstić information content (AvgIpc) is 3.29. The summed E-state index contributed by atoms with van der Waals surface area (Å²) in [6.07, 6.45) is -0.0464. The van der Waals surface area contributed by atoms with Crippen LogP contribution in [-0.4, -0.2) is 98.4 Å². The third kappa shape index (κ3) is 21.6. The first kappa shape index (κ1) is 41.4. The number of ether oxygens (including phenoxy) is 3. The Balaban J connectivity index is 0. The molecule has 5 N–H and O–H groups in total. The Morgan fingerprint density at radius 2 is 1.28 bits per heavy atom. The summed E-state index contributed by atoms with van der Waals surface area (Å²) >= 11 is 0. The van der Waals surface area contributed by atoms with Gasteiger partial charge in [-0.1, -0.05) is 20.3 Å². The van der Waals surface area contributed by atoms with Crippen LogP contribution in [0.2, 0.25) is 0 Å². The molecule has 250 valence electrons. The van der Waals surface area contributed by atoms with Gasteiger partial charge in [-0.2, -0.15) is 0 Å². The van der Waals surface area contributed by atoms with Gasteiger partial charge >= 0.3 is 36.2 Å². The highest BCUT2D eigenvalue weighted by Crippen LogP contribution is 2.20. The molecular formula is C28H51N3O12. The minimum atomic E-state index is -1.10. The van der Waals surface area contributed by atoms with Crippen LogP contribution in [0, 0.1) is 5.92 Å². The van der Waals surface area contributed by atoms with Crippen LogP contribution in [-0.2, 0) is 28.6 Å². The van der Waals surface area contributed by atoms with E-state index in [0.717, 1.165) is 6.42 Å². The number of carbonyl (C=O) groups is 6. The molecule has 1 unspecified atom stereocenters. The molecule has 0 aromatic rings. The molecule has 0 radical (unpaired) electrons. The van der Waals surface area contributed by atoms with Gasteiger partial charge in [0.1, 0.15) is 35.4 Å². The van der Waals surface area contributed by atoms with E-state index >= 15 is 0 Å². The Kier molecular flexibility index (Phi) is 17.3. The number of nitrogens with one attached hydrogen (secondary N) is 2. The highest BCUT2D eigenvalue weighted by molar-refractivity contribution is 5.81. The Morgan fingerprint density at radius 3 is 1.65 bits per heavy atom. The summed E-state index contributed by atoms with van der Waals surface area (Å²) in [6, 6.07) is -1.63. The summed E-state index contributed by atoms with van der Waals surface area (Å²) in [7, 11) is 0. The van der Waals surface area contributed by atoms with Crippen molar-refractivity contribution in [1.29, 1.82) is 0 Å². The van der Waals surface area contributed by atoms with Gasteiger partial charge in [-0.15, -0.1) is 0 Å². The van der Waals surface area contributed by atoms with E-state index in [9.17, 15) is 28.8 Å². The van der Waals surface area contributed by atoms with Crippen molar-refractivity contribution in [3.05, 3.63) is 0 Å². The second-order valence-electron chi connectivity index (χ2n) is 12.8. The highest BCUT2D eigenvalue weighted by Gasteiger charge is 2.36. The summed E-state index contributed by atoms with van der Waals surface area (Å²) in [6.45, 7) is 19.3.